The number of hydrogen-bond acceptors (Lipinski definition) is 5. The molecule has 90 valence electrons. The summed E-state index contributed by atoms with van der Waals surface area (Å²) in [7, 11) is 1.45. The van der Waals surface area contributed by atoms with Crippen molar-refractivity contribution in [2.24, 2.45) is 0 Å². The van der Waals surface area contributed by atoms with Crippen LogP contribution < -0.4 is 10.5 Å². The number of methoxy groups -OCH3 is 1. The van der Waals surface area contributed by atoms with Gasteiger partial charge in [-0.05, 0) is 12.5 Å². The molecule has 0 saturated carbocycles. The third-order valence-corrected chi connectivity index (χ3v) is 2.83. The van der Waals surface area contributed by atoms with Gasteiger partial charge in [0, 0.05) is 17.2 Å². The van der Waals surface area contributed by atoms with E-state index in [0.29, 0.717) is 16.3 Å². The topological polar surface area (TPSA) is 81.5 Å². The Kier molecular flexibility index (Phi) is 2.85. The number of ether oxygens (including phenoxy) is 1. The van der Waals surface area contributed by atoms with E-state index >= 15 is 0 Å². The fraction of sp³-hybridized carbons (Fsp3) is 0.182. The molecule has 0 aliphatic heterocycles. The maximum absolute atomic E-state index is 9.76. The van der Waals surface area contributed by atoms with Crippen molar-refractivity contribution in [1.82, 2.24) is 5.16 Å². The molecule has 0 bridgehead atoms. The smallest absolute Gasteiger partial charge is 0.173 e. The molecular weight excluding hydrogens is 244 g/mol. The van der Waals surface area contributed by atoms with Crippen molar-refractivity contribution in [3.8, 4) is 22.8 Å². The van der Waals surface area contributed by atoms with E-state index in [2.05, 4.69) is 5.16 Å². The van der Waals surface area contributed by atoms with E-state index < -0.39 is 0 Å². The summed E-state index contributed by atoms with van der Waals surface area (Å²) in [6.07, 6.45) is 0. The van der Waals surface area contributed by atoms with Crippen molar-refractivity contribution >= 4 is 17.4 Å². The van der Waals surface area contributed by atoms with E-state index in [4.69, 9.17) is 26.6 Å². The summed E-state index contributed by atoms with van der Waals surface area (Å²) < 4.78 is 10.2. The Labute approximate surface area is 103 Å². The van der Waals surface area contributed by atoms with Gasteiger partial charge >= 0.3 is 0 Å². The lowest BCUT2D eigenvalue weighted by Gasteiger charge is -2.12. The van der Waals surface area contributed by atoms with Crippen LogP contribution in [0.1, 0.15) is 5.56 Å². The molecule has 5 nitrogen and oxygen atoms in total. The van der Waals surface area contributed by atoms with Crippen molar-refractivity contribution in [2.75, 3.05) is 12.8 Å². The highest BCUT2D eigenvalue weighted by atomic mass is 35.5. The summed E-state index contributed by atoms with van der Waals surface area (Å²) in [6, 6.07) is 2.96. The predicted octanol–water partition coefficient (Wildman–Crippen LogP) is 2.60. The molecule has 3 N–H and O–H groups in total. The number of nitrogen functional groups attached to an aromatic ring is 1. The predicted molar refractivity (Wildman–Crippen MR) is 64.3 cm³/mol. The fourth-order valence-corrected chi connectivity index (χ4v) is 1.82. The lowest BCUT2D eigenvalue weighted by Crippen LogP contribution is -1.92. The van der Waals surface area contributed by atoms with Crippen molar-refractivity contribution in [1.29, 1.82) is 0 Å². The molecule has 0 spiro atoms. The Balaban J connectivity index is 2.74. The summed E-state index contributed by atoms with van der Waals surface area (Å²) in [5, 5.41) is 13.8. The second kappa shape index (κ2) is 4.18. The summed E-state index contributed by atoms with van der Waals surface area (Å²) >= 11 is 6.00. The van der Waals surface area contributed by atoms with Gasteiger partial charge in [0.2, 0.25) is 0 Å². The van der Waals surface area contributed by atoms with Crippen molar-refractivity contribution in [3.63, 3.8) is 0 Å². The van der Waals surface area contributed by atoms with Crippen LogP contribution in [-0.4, -0.2) is 17.4 Å². The first-order valence-corrected chi connectivity index (χ1v) is 5.21. The molecule has 0 saturated heterocycles. The van der Waals surface area contributed by atoms with E-state index in [1.165, 1.54) is 13.2 Å². The standard InChI is InChI=1S/C11H11ClN2O3/c1-5-6(12)3-7(15)11(16-2)10(5)8-4-9(13)14-17-8/h3-4,15H,1-2H3,(H2,13,14). The first-order chi connectivity index (χ1) is 8.04. The van der Waals surface area contributed by atoms with Crippen LogP contribution >= 0.6 is 11.6 Å². The third-order valence-electron chi connectivity index (χ3n) is 2.44. The monoisotopic (exact) mass is 254 g/mol. The molecule has 1 aromatic carbocycles. The molecule has 0 fully saturated rings. The summed E-state index contributed by atoms with van der Waals surface area (Å²) in [4.78, 5) is 0. The van der Waals surface area contributed by atoms with Gasteiger partial charge in [-0.1, -0.05) is 16.8 Å². The maximum atomic E-state index is 9.76. The Bertz CT molecular complexity index is 566. The molecule has 1 heterocycles. The SMILES string of the molecule is COc1c(O)cc(Cl)c(C)c1-c1cc(N)no1. The summed E-state index contributed by atoms with van der Waals surface area (Å²) in [5.74, 6) is 0.867. The molecule has 1 aromatic heterocycles. The molecule has 17 heavy (non-hydrogen) atoms. The second-order valence-electron chi connectivity index (χ2n) is 3.53. The zero-order chi connectivity index (χ0) is 12.6. The Morgan fingerprint density at radius 1 is 1.47 bits per heavy atom. The van der Waals surface area contributed by atoms with Gasteiger partial charge in [0.25, 0.3) is 0 Å². The number of nitrogens with zero attached hydrogens (tertiary/aromatic N) is 1. The second-order valence-corrected chi connectivity index (χ2v) is 3.93. The molecule has 0 aliphatic rings. The van der Waals surface area contributed by atoms with Crippen LogP contribution in [0.4, 0.5) is 5.82 Å². The number of aromatic hydroxyl groups is 1. The van der Waals surface area contributed by atoms with Gasteiger partial charge in [-0.25, -0.2) is 0 Å². The molecule has 2 rings (SSSR count). The summed E-state index contributed by atoms with van der Waals surface area (Å²) in [5.41, 5.74) is 6.76. The highest BCUT2D eigenvalue weighted by molar-refractivity contribution is 6.32. The van der Waals surface area contributed by atoms with Crippen molar-refractivity contribution in [2.45, 2.75) is 6.92 Å². The number of aromatic nitrogens is 1. The van der Waals surface area contributed by atoms with Gasteiger partial charge in [-0.2, -0.15) is 0 Å². The van der Waals surface area contributed by atoms with Gasteiger partial charge in [0.1, 0.15) is 0 Å². The summed E-state index contributed by atoms with van der Waals surface area (Å²) in [6.45, 7) is 1.79. The van der Waals surface area contributed by atoms with Gasteiger partial charge in [-0.15, -0.1) is 0 Å². The third kappa shape index (κ3) is 1.89. The molecule has 2 aromatic rings. The maximum Gasteiger partial charge on any atom is 0.173 e. The zero-order valence-electron chi connectivity index (χ0n) is 9.32. The normalized spacial score (nSPS) is 10.5. The van der Waals surface area contributed by atoms with Gasteiger partial charge in [0.05, 0.1) is 12.7 Å². The van der Waals surface area contributed by atoms with Crippen LogP contribution in [0.25, 0.3) is 11.3 Å². The molecule has 0 radical (unpaired) electrons. The van der Waals surface area contributed by atoms with E-state index in [-0.39, 0.29) is 17.3 Å². The largest absolute Gasteiger partial charge is 0.504 e. The minimum atomic E-state index is -0.0620. The van der Waals surface area contributed by atoms with E-state index in [0.717, 1.165) is 5.56 Å². The fourth-order valence-electron chi connectivity index (χ4n) is 1.62. The molecule has 0 amide bonds. The first kappa shape index (κ1) is 11.6. The zero-order valence-corrected chi connectivity index (χ0v) is 10.1. The lowest BCUT2D eigenvalue weighted by molar-refractivity contribution is 0.371. The van der Waals surface area contributed by atoms with Gasteiger partial charge in [0.15, 0.2) is 23.1 Å². The number of anilines is 1. The molecule has 6 heteroatoms. The van der Waals surface area contributed by atoms with Crippen molar-refractivity contribution < 1.29 is 14.4 Å². The first-order valence-electron chi connectivity index (χ1n) is 4.83. The number of nitrogens with two attached hydrogens (primary N) is 1. The lowest BCUT2D eigenvalue weighted by atomic mass is 10.0. The number of hydrogen-bond donors (Lipinski definition) is 2. The van der Waals surface area contributed by atoms with Crippen LogP contribution in [0.15, 0.2) is 16.7 Å². The number of phenolic OH excluding ortho intramolecular Hbond substituents is 1. The molecule has 0 atom stereocenters. The van der Waals surface area contributed by atoms with Crippen LogP contribution in [0, 0.1) is 6.92 Å². The quantitative estimate of drug-likeness (QED) is 0.861. The van der Waals surface area contributed by atoms with Gasteiger partial charge < -0.3 is 20.1 Å². The number of phenols is 1. The van der Waals surface area contributed by atoms with E-state index in [1.807, 2.05) is 0 Å². The highest BCUT2D eigenvalue weighted by Crippen LogP contribution is 2.43. The average molecular weight is 255 g/mol. The van der Waals surface area contributed by atoms with Crippen LogP contribution in [0.5, 0.6) is 11.5 Å². The number of benzene rings is 1. The van der Waals surface area contributed by atoms with E-state index in [1.54, 1.807) is 13.0 Å². The Morgan fingerprint density at radius 2 is 2.18 bits per heavy atom. The van der Waals surface area contributed by atoms with Crippen LogP contribution in [-0.2, 0) is 0 Å². The minimum absolute atomic E-state index is 0.0620. The van der Waals surface area contributed by atoms with Crippen LogP contribution in [0.3, 0.4) is 0 Å². The number of halogens is 1. The van der Waals surface area contributed by atoms with Crippen molar-refractivity contribution in [3.05, 3.63) is 22.7 Å². The van der Waals surface area contributed by atoms with E-state index in [9.17, 15) is 5.11 Å². The molecule has 0 aliphatic carbocycles. The Hall–Kier alpha value is -1.88. The molecule has 0 unspecified atom stereocenters. The minimum Gasteiger partial charge on any atom is -0.504 e. The van der Waals surface area contributed by atoms with Gasteiger partial charge in [-0.3, -0.25) is 0 Å². The average Bonchev–Trinajstić information content (AvgIpc) is 2.69. The molecular formula is C11H11ClN2O3. The highest BCUT2D eigenvalue weighted by Gasteiger charge is 2.20. The Morgan fingerprint density at radius 3 is 2.71 bits per heavy atom. The number of rotatable bonds is 2. The van der Waals surface area contributed by atoms with Crippen LogP contribution in [0.2, 0.25) is 5.02 Å².